The average Bonchev–Trinajstić information content (AvgIpc) is 3.00. The van der Waals surface area contributed by atoms with E-state index in [2.05, 4.69) is 36.9 Å². The Balaban J connectivity index is 1.90. The summed E-state index contributed by atoms with van der Waals surface area (Å²) in [6.07, 6.45) is 1.76. The summed E-state index contributed by atoms with van der Waals surface area (Å²) in [5, 5.41) is 9.40. The van der Waals surface area contributed by atoms with Gasteiger partial charge in [-0.1, -0.05) is 18.2 Å². The highest BCUT2D eigenvalue weighted by Crippen LogP contribution is 2.38. The van der Waals surface area contributed by atoms with Gasteiger partial charge in [-0.25, -0.2) is 9.79 Å². The van der Waals surface area contributed by atoms with Gasteiger partial charge in [-0.2, -0.15) is 0 Å². The molecule has 7 nitrogen and oxygen atoms in total. The molecule has 2 aromatic rings. The Morgan fingerprint density at radius 1 is 1.23 bits per heavy atom. The standard InChI is InChI=1S/C21H18Br2N2O5S/c1-29-8-7-25-20(28)17(31-21(25)24-14-5-3-2-4-6-14)11-13-9-15(22)19(16(23)10-13)30-12-18(26)27/h2-6,9-11H,7-8,12H2,1H3,(H,26,27). The van der Waals surface area contributed by atoms with Crippen LogP contribution in [0.1, 0.15) is 5.56 Å². The van der Waals surface area contributed by atoms with Crippen molar-refractivity contribution in [2.45, 2.75) is 0 Å². The van der Waals surface area contributed by atoms with E-state index in [0.29, 0.717) is 37.9 Å². The lowest BCUT2D eigenvalue weighted by atomic mass is 10.2. The Morgan fingerprint density at radius 2 is 1.90 bits per heavy atom. The molecule has 1 N–H and O–H groups in total. The van der Waals surface area contributed by atoms with Gasteiger partial charge in [0.05, 0.1) is 32.7 Å². The van der Waals surface area contributed by atoms with Crippen molar-refractivity contribution in [3.63, 3.8) is 0 Å². The largest absolute Gasteiger partial charge is 0.480 e. The monoisotopic (exact) mass is 568 g/mol. The Kier molecular flexibility index (Phi) is 8.30. The number of carboxylic acid groups (broad SMARTS) is 1. The van der Waals surface area contributed by atoms with Gasteiger partial charge < -0.3 is 14.6 Å². The highest BCUT2D eigenvalue weighted by Gasteiger charge is 2.33. The number of ether oxygens (including phenoxy) is 2. The summed E-state index contributed by atoms with van der Waals surface area (Å²) in [5.41, 5.74) is 1.50. The molecule has 0 aromatic heterocycles. The predicted molar refractivity (Wildman–Crippen MR) is 128 cm³/mol. The first-order valence-corrected chi connectivity index (χ1v) is 11.5. The molecule has 162 valence electrons. The van der Waals surface area contributed by atoms with Crippen LogP contribution in [0.25, 0.3) is 6.08 Å². The van der Waals surface area contributed by atoms with Crippen LogP contribution >= 0.6 is 43.6 Å². The number of methoxy groups -OCH3 is 1. The zero-order valence-electron chi connectivity index (χ0n) is 16.4. The molecule has 10 heteroatoms. The van der Waals surface area contributed by atoms with Gasteiger partial charge in [-0.15, -0.1) is 0 Å². The second-order valence-corrected chi connectivity index (χ2v) is 9.00. The van der Waals surface area contributed by atoms with Crippen molar-refractivity contribution in [1.82, 2.24) is 4.90 Å². The van der Waals surface area contributed by atoms with Crippen LogP contribution in [0.5, 0.6) is 5.75 Å². The van der Waals surface area contributed by atoms with E-state index in [9.17, 15) is 9.59 Å². The molecule has 2 aromatic carbocycles. The molecule has 1 amide bonds. The van der Waals surface area contributed by atoms with E-state index in [1.807, 2.05) is 30.3 Å². The highest BCUT2D eigenvalue weighted by atomic mass is 79.9. The average molecular weight is 570 g/mol. The number of rotatable bonds is 8. The lowest BCUT2D eigenvalue weighted by Gasteiger charge is -2.14. The first-order chi connectivity index (χ1) is 14.9. The fraction of sp³-hybridized carbons (Fsp3) is 0.190. The summed E-state index contributed by atoms with van der Waals surface area (Å²) in [7, 11) is 1.58. The summed E-state index contributed by atoms with van der Waals surface area (Å²) in [6, 6.07) is 12.9. The maximum atomic E-state index is 13.0. The smallest absolute Gasteiger partial charge is 0.341 e. The van der Waals surface area contributed by atoms with Crippen LogP contribution in [-0.2, 0) is 14.3 Å². The number of carbonyl (C=O) groups is 2. The van der Waals surface area contributed by atoms with Crippen LogP contribution in [0.15, 0.2) is 61.3 Å². The number of amides is 1. The second kappa shape index (κ2) is 10.9. The van der Waals surface area contributed by atoms with Gasteiger partial charge in [0.15, 0.2) is 11.8 Å². The number of amidine groups is 1. The molecule has 0 bridgehead atoms. The SMILES string of the molecule is COCCN1C(=O)C(=Cc2cc(Br)c(OCC(=O)O)c(Br)c2)SC1=Nc1ccccc1. The molecule has 0 unspecified atom stereocenters. The zero-order chi connectivity index (χ0) is 22.4. The van der Waals surface area contributed by atoms with Gasteiger partial charge in [0.1, 0.15) is 5.75 Å². The molecule has 0 atom stereocenters. The van der Waals surface area contributed by atoms with E-state index in [0.717, 1.165) is 11.3 Å². The van der Waals surface area contributed by atoms with Gasteiger partial charge in [-0.05, 0) is 79.5 Å². The molecule has 31 heavy (non-hydrogen) atoms. The first kappa shape index (κ1) is 23.5. The predicted octanol–water partition coefficient (Wildman–Crippen LogP) is 4.93. The Hall–Kier alpha value is -2.14. The Bertz CT molecular complexity index is 1020. The van der Waals surface area contributed by atoms with E-state index in [4.69, 9.17) is 14.6 Å². The minimum atomic E-state index is -1.07. The number of benzene rings is 2. The number of thioether (sulfide) groups is 1. The fourth-order valence-corrected chi connectivity index (χ4v) is 5.15. The van der Waals surface area contributed by atoms with Crippen molar-refractivity contribution in [3.05, 3.63) is 61.9 Å². The topological polar surface area (TPSA) is 88.4 Å². The molecule has 1 saturated heterocycles. The van der Waals surface area contributed by atoms with Crippen molar-refractivity contribution >= 4 is 72.4 Å². The number of carboxylic acids is 1. The van der Waals surface area contributed by atoms with E-state index in [1.165, 1.54) is 11.8 Å². The van der Waals surface area contributed by atoms with Crippen LogP contribution in [-0.4, -0.2) is 53.9 Å². The molecule has 1 heterocycles. The number of para-hydroxylation sites is 1. The van der Waals surface area contributed by atoms with Crippen molar-refractivity contribution in [2.24, 2.45) is 4.99 Å². The first-order valence-electron chi connectivity index (χ1n) is 9.06. The summed E-state index contributed by atoms with van der Waals surface area (Å²) in [6.45, 7) is 0.320. The van der Waals surface area contributed by atoms with Crippen molar-refractivity contribution in [2.75, 3.05) is 26.9 Å². The fourth-order valence-electron chi connectivity index (χ4n) is 2.67. The van der Waals surface area contributed by atoms with Crippen LogP contribution in [0.4, 0.5) is 5.69 Å². The number of halogens is 2. The Morgan fingerprint density at radius 3 is 2.52 bits per heavy atom. The maximum Gasteiger partial charge on any atom is 0.341 e. The minimum Gasteiger partial charge on any atom is -0.480 e. The number of nitrogens with zero attached hydrogens (tertiary/aromatic N) is 2. The molecule has 0 radical (unpaired) electrons. The maximum absolute atomic E-state index is 13.0. The summed E-state index contributed by atoms with van der Waals surface area (Å²) in [5.74, 6) is -0.850. The number of hydrogen-bond donors (Lipinski definition) is 1. The van der Waals surface area contributed by atoms with Crippen molar-refractivity contribution < 1.29 is 24.2 Å². The molecule has 3 rings (SSSR count). The van der Waals surface area contributed by atoms with Gasteiger partial charge >= 0.3 is 5.97 Å². The molecule has 0 spiro atoms. The molecule has 1 aliphatic rings. The van der Waals surface area contributed by atoms with Crippen molar-refractivity contribution in [3.8, 4) is 5.75 Å². The lowest BCUT2D eigenvalue weighted by molar-refractivity contribution is -0.139. The quantitative estimate of drug-likeness (QED) is 0.454. The molecule has 0 saturated carbocycles. The molecular formula is C21H18Br2N2O5S. The van der Waals surface area contributed by atoms with Gasteiger partial charge in [0.2, 0.25) is 0 Å². The van der Waals surface area contributed by atoms with Crippen molar-refractivity contribution in [1.29, 1.82) is 0 Å². The van der Waals surface area contributed by atoms with Crippen LogP contribution in [0.2, 0.25) is 0 Å². The number of aliphatic imine (C=N–C) groups is 1. The molecule has 0 aliphatic carbocycles. The minimum absolute atomic E-state index is 0.157. The van der Waals surface area contributed by atoms with E-state index in [-0.39, 0.29) is 5.91 Å². The third-order valence-electron chi connectivity index (χ3n) is 4.05. The Labute approximate surface area is 200 Å². The molecule has 1 aliphatic heterocycles. The second-order valence-electron chi connectivity index (χ2n) is 6.29. The van der Waals surface area contributed by atoms with Crippen LogP contribution in [0, 0.1) is 0 Å². The summed E-state index contributed by atoms with van der Waals surface area (Å²) >= 11 is 8.08. The van der Waals surface area contributed by atoms with Crippen LogP contribution < -0.4 is 4.74 Å². The van der Waals surface area contributed by atoms with Crippen LogP contribution in [0.3, 0.4) is 0 Å². The molecule has 1 fully saturated rings. The van der Waals surface area contributed by atoms with Gasteiger partial charge in [0, 0.05) is 7.11 Å². The molecular weight excluding hydrogens is 552 g/mol. The highest BCUT2D eigenvalue weighted by molar-refractivity contribution is 9.11. The number of aliphatic carboxylic acids is 1. The van der Waals surface area contributed by atoms with Gasteiger partial charge in [0.25, 0.3) is 5.91 Å². The zero-order valence-corrected chi connectivity index (χ0v) is 20.4. The number of hydrogen-bond acceptors (Lipinski definition) is 6. The lowest BCUT2D eigenvalue weighted by Crippen LogP contribution is -2.32. The third-order valence-corrected chi connectivity index (χ3v) is 6.23. The summed E-state index contributed by atoms with van der Waals surface area (Å²) < 4.78 is 11.6. The van der Waals surface area contributed by atoms with Gasteiger partial charge in [-0.3, -0.25) is 9.69 Å². The van der Waals surface area contributed by atoms with E-state index in [1.54, 1.807) is 30.2 Å². The van der Waals surface area contributed by atoms with E-state index < -0.39 is 12.6 Å². The third kappa shape index (κ3) is 6.19. The summed E-state index contributed by atoms with van der Waals surface area (Å²) in [4.78, 5) is 30.5. The number of carbonyl (C=O) groups excluding carboxylic acids is 1. The van der Waals surface area contributed by atoms with E-state index >= 15 is 0 Å². The normalized spacial score (nSPS) is 16.4.